The zero-order chi connectivity index (χ0) is 14.2. The average Bonchev–Trinajstić information content (AvgIpc) is 2.48. The third kappa shape index (κ3) is 4.35. The normalized spacial score (nSPS) is 10.0. The molecule has 1 aromatic heterocycles. The van der Waals surface area contributed by atoms with E-state index in [2.05, 4.69) is 16.9 Å². The predicted molar refractivity (Wildman–Crippen MR) is 81.5 cm³/mol. The highest BCUT2D eigenvalue weighted by molar-refractivity contribution is 5.90. The first-order valence-corrected chi connectivity index (χ1v) is 6.66. The van der Waals surface area contributed by atoms with Crippen molar-refractivity contribution in [3.8, 4) is 0 Å². The minimum Gasteiger partial charge on any atom is -0.326 e. The Morgan fingerprint density at radius 3 is 2.40 bits per heavy atom. The van der Waals surface area contributed by atoms with Crippen LogP contribution in [-0.4, -0.2) is 10.9 Å². The Balaban J connectivity index is 1.93. The Labute approximate surface area is 119 Å². The molecule has 0 atom stereocenters. The van der Waals surface area contributed by atoms with Gasteiger partial charge in [0.05, 0.1) is 0 Å². The van der Waals surface area contributed by atoms with E-state index < -0.39 is 0 Å². The molecule has 102 valence electrons. The molecule has 0 aliphatic heterocycles. The van der Waals surface area contributed by atoms with Crippen molar-refractivity contribution in [1.29, 1.82) is 0 Å². The molecule has 2 aromatic rings. The Morgan fingerprint density at radius 1 is 1.10 bits per heavy atom. The van der Waals surface area contributed by atoms with E-state index in [0.717, 1.165) is 12.1 Å². The van der Waals surface area contributed by atoms with E-state index >= 15 is 0 Å². The Kier molecular flexibility index (Phi) is 5.07. The van der Waals surface area contributed by atoms with Crippen LogP contribution in [0.5, 0.6) is 0 Å². The third-order valence-electron chi connectivity index (χ3n) is 2.97. The summed E-state index contributed by atoms with van der Waals surface area (Å²) in [5.74, 6) is 0.0202. The molecule has 0 saturated heterocycles. The van der Waals surface area contributed by atoms with Crippen molar-refractivity contribution in [3.63, 3.8) is 0 Å². The molecule has 0 unspecified atom stereocenters. The van der Waals surface area contributed by atoms with Gasteiger partial charge in [-0.1, -0.05) is 18.2 Å². The summed E-state index contributed by atoms with van der Waals surface area (Å²) in [5, 5.41) is 2.87. The number of nitrogens with one attached hydrogen (secondary N) is 1. The second-order valence-corrected chi connectivity index (χ2v) is 4.60. The highest BCUT2D eigenvalue weighted by Crippen LogP contribution is 2.13. The maximum absolute atomic E-state index is 11.6. The SMILES string of the molecule is C=CCCC(=O)Nc1ccc(Cc2ccncc2)cc1. The van der Waals surface area contributed by atoms with Crippen LogP contribution in [-0.2, 0) is 11.2 Å². The van der Waals surface area contributed by atoms with Gasteiger partial charge in [-0.25, -0.2) is 0 Å². The van der Waals surface area contributed by atoms with Crippen LogP contribution in [0.15, 0.2) is 61.4 Å². The second kappa shape index (κ2) is 7.24. The number of rotatable bonds is 6. The molecular formula is C17H18N2O. The molecule has 3 nitrogen and oxygen atoms in total. The van der Waals surface area contributed by atoms with Crippen molar-refractivity contribution in [2.45, 2.75) is 19.3 Å². The number of carbonyl (C=O) groups excluding carboxylic acids is 1. The van der Waals surface area contributed by atoms with E-state index in [9.17, 15) is 4.79 Å². The number of hydrogen-bond donors (Lipinski definition) is 1. The minimum absolute atomic E-state index is 0.0202. The number of benzene rings is 1. The first-order valence-electron chi connectivity index (χ1n) is 6.66. The molecule has 0 radical (unpaired) electrons. The second-order valence-electron chi connectivity index (χ2n) is 4.60. The monoisotopic (exact) mass is 266 g/mol. The van der Waals surface area contributed by atoms with Gasteiger partial charge in [0.15, 0.2) is 0 Å². The number of anilines is 1. The lowest BCUT2D eigenvalue weighted by Gasteiger charge is -2.06. The fourth-order valence-electron chi connectivity index (χ4n) is 1.90. The van der Waals surface area contributed by atoms with Crippen LogP contribution < -0.4 is 5.32 Å². The lowest BCUT2D eigenvalue weighted by atomic mass is 10.1. The van der Waals surface area contributed by atoms with E-state index in [-0.39, 0.29) is 5.91 Å². The summed E-state index contributed by atoms with van der Waals surface area (Å²) in [6.45, 7) is 3.61. The van der Waals surface area contributed by atoms with Gasteiger partial charge in [0, 0.05) is 24.5 Å². The summed E-state index contributed by atoms with van der Waals surface area (Å²) in [6.07, 6.45) is 7.38. The van der Waals surface area contributed by atoms with Crippen molar-refractivity contribution >= 4 is 11.6 Å². The van der Waals surface area contributed by atoms with E-state index in [1.165, 1.54) is 11.1 Å². The van der Waals surface area contributed by atoms with Gasteiger partial charge in [0.2, 0.25) is 5.91 Å². The van der Waals surface area contributed by atoms with Crippen LogP contribution in [0.4, 0.5) is 5.69 Å². The highest BCUT2D eigenvalue weighted by Gasteiger charge is 2.01. The number of aromatic nitrogens is 1. The molecule has 0 fully saturated rings. The molecule has 1 aromatic carbocycles. The smallest absolute Gasteiger partial charge is 0.224 e. The molecule has 2 rings (SSSR count). The standard InChI is InChI=1S/C17H18N2O/c1-2-3-4-17(20)19-16-7-5-14(6-8-16)13-15-9-11-18-12-10-15/h2,5-12H,1,3-4,13H2,(H,19,20). The maximum atomic E-state index is 11.6. The molecule has 1 amide bonds. The molecule has 1 N–H and O–H groups in total. The summed E-state index contributed by atoms with van der Waals surface area (Å²) < 4.78 is 0. The lowest BCUT2D eigenvalue weighted by Crippen LogP contribution is -2.10. The van der Waals surface area contributed by atoms with Crippen molar-refractivity contribution in [2.24, 2.45) is 0 Å². The van der Waals surface area contributed by atoms with Crippen LogP contribution in [0.25, 0.3) is 0 Å². The van der Waals surface area contributed by atoms with Gasteiger partial charge in [0.1, 0.15) is 0 Å². The molecule has 0 bridgehead atoms. The van der Waals surface area contributed by atoms with Gasteiger partial charge in [-0.3, -0.25) is 9.78 Å². The number of amides is 1. The molecule has 3 heteroatoms. The molecule has 0 aliphatic rings. The predicted octanol–water partition coefficient (Wildman–Crippen LogP) is 3.58. The number of pyridine rings is 1. The van der Waals surface area contributed by atoms with Crippen LogP contribution in [0.3, 0.4) is 0 Å². The fraction of sp³-hybridized carbons (Fsp3) is 0.176. The Hall–Kier alpha value is -2.42. The van der Waals surface area contributed by atoms with E-state index in [1.54, 1.807) is 18.5 Å². The number of nitrogens with zero attached hydrogens (tertiary/aromatic N) is 1. The first-order chi connectivity index (χ1) is 9.78. The summed E-state index contributed by atoms with van der Waals surface area (Å²) in [4.78, 5) is 15.6. The zero-order valence-electron chi connectivity index (χ0n) is 11.4. The lowest BCUT2D eigenvalue weighted by molar-refractivity contribution is -0.116. The third-order valence-corrected chi connectivity index (χ3v) is 2.97. The van der Waals surface area contributed by atoms with Gasteiger partial charge < -0.3 is 5.32 Å². The van der Waals surface area contributed by atoms with Crippen molar-refractivity contribution in [1.82, 2.24) is 4.98 Å². The van der Waals surface area contributed by atoms with Gasteiger partial charge in [0.25, 0.3) is 0 Å². The molecular weight excluding hydrogens is 248 g/mol. The molecule has 0 saturated carbocycles. The number of hydrogen-bond acceptors (Lipinski definition) is 2. The highest BCUT2D eigenvalue weighted by atomic mass is 16.1. The van der Waals surface area contributed by atoms with Crippen molar-refractivity contribution in [2.75, 3.05) is 5.32 Å². The van der Waals surface area contributed by atoms with E-state index in [4.69, 9.17) is 0 Å². The van der Waals surface area contributed by atoms with E-state index in [0.29, 0.717) is 12.8 Å². The fourth-order valence-corrected chi connectivity index (χ4v) is 1.90. The summed E-state index contributed by atoms with van der Waals surface area (Å²) in [7, 11) is 0. The van der Waals surface area contributed by atoms with Gasteiger partial charge >= 0.3 is 0 Å². The molecule has 0 aliphatic carbocycles. The topological polar surface area (TPSA) is 42.0 Å². The van der Waals surface area contributed by atoms with Crippen LogP contribution in [0.1, 0.15) is 24.0 Å². The quantitative estimate of drug-likeness (QED) is 0.812. The van der Waals surface area contributed by atoms with Crippen molar-refractivity contribution in [3.05, 3.63) is 72.6 Å². The minimum atomic E-state index is 0.0202. The summed E-state index contributed by atoms with van der Waals surface area (Å²) in [6, 6.07) is 11.9. The van der Waals surface area contributed by atoms with Crippen LogP contribution in [0, 0.1) is 0 Å². The molecule has 20 heavy (non-hydrogen) atoms. The summed E-state index contributed by atoms with van der Waals surface area (Å²) in [5.41, 5.74) is 3.26. The zero-order valence-corrected chi connectivity index (χ0v) is 11.4. The summed E-state index contributed by atoms with van der Waals surface area (Å²) >= 11 is 0. The first kappa shape index (κ1) is 14.0. The molecule has 0 spiro atoms. The van der Waals surface area contributed by atoms with E-state index in [1.807, 2.05) is 36.4 Å². The largest absolute Gasteiger partial charge is 0.326 e. The number of carbonyl (C=O) groups is 1. The Morgan fingerprint density at radius 2 is 1.75 bits per heavy atom. The number of allylic oxidation sites excluding steroid dienone is 1. The average molecular weight is 266 g/mol. The van der Waals surface area contributed by atoms with Crippen LogP contribution in [0.2, 0.25) is 0 Å². The molecule has 1 heterocycles. The Bertz CT molecular complexity index is 561. The maximum Gasteiger partial charge on any atom is 0.224 e. The van der Waals surface area contributed by atoms with Gasteiger partial charge in [-0.15, -0.1) is 6.58 Å². The van der Waals surface area contributed by atoms with Crippen LogP contribution >= 0.6 is 0 Å². The van der Waals surface area contributed by atoms with Gasteiger partial charge in [-0.2, -0.15) is 0 Å². The van der Waals surface area contributed by atoms with Gasteiger partial charge in [-0.05, 0) is 48.2 Å². The van der Waals surface area contributed by atoms with Crippen molar-refractivity contribution < 1.29 is 4.79 Å².